The molecule has 1 aliphatic rings. The van der Waals surface area contributed by atoms with E-state index in [1.807, 2.05) is 23.1 Å². The lowest BCUT2D eigenvalue weighted by Gasteiger charge is -2.37. The zero-order valence-electron chi connectivity index (χ0n) is 23.9. The number of aromatic nitrogens is 1. The van der Waals surface area contributed by atoms with E-state index < -0.39 is 0 Å². The van der Waals surface area contributed by atoms with Crippen LogP contribution in [0, 0.1) is 6.92 Å². The molecule has 1 saturated heterocycles. The van der Waals surface area contributed by atoms with Crippen LogP contribution in [-0.2, 0) is 11.3 Å². The third-order valence-corrected chi connectivity index (χ3v) is 8.27. The molecule has 0 radical (unpaired) electrons. The molecule has 0 spiro atoms. The molecule has 1 atom stereocenters. The molecule has 0 bridgehead atoms. The van der Waals surface area contributed by atoms with Gasteiger partial charge in [0.2, 0.25) is 5.91 Å². The lowest BCUT2D eigenvalue weighted by molar-refractivity contribution is -0.131. The summed E-state index contributed by atoms with van der Waals surface area (Å²) >= 11 is 0. The molecule has 1 aliphatic heterocycles. The van der Waals surface area contributed by atoms with E-state index in [-0.39, 0.29) is 11.8 Å². The molecule has 0 N–H and O–H groups in total. The van der Waals surface area contributed by atoms with Crippen molar-refractivity contribution in [2.24, 2.45) is 0 Å². The highest BCUT2D eigenvalue weighted by atomic mass is 16.5. The number of hydrogen-bond acceptors (Lipinski definition) is 3. The maximum absolute atomic E-state index is 13.9. The highest BCUT2D eigenvalue weighted by Crippen LogP contribution is 2.36. The second-order valence-corrected chi connectivity index (χ2v) is 10.9. The number of benzene rings is 4. The van der Waals surface area contributed by atoms with E-state index in [1.54, 1.807) is 7.11 Å². The van der Waals surface area contributed by atoms with Crippen LogP contribution in [0.1, 0.15) is 34.6 Å². The maximum atomic E-state index is 13.9. The van der Waals surface area contributed by atoms with E-state index in [2.05, 4.69) is 108 Å². The number of aryl methyl sites for hydroxylation is 1. The molecule has 5 nitrogen and oxygen atoms in total. The smallest absolute Gasteiger partial charge is 0.223 e. The summed E-state index contributed by atoms with van der Waals surface area (Å²) in [5.74, 6) is 1.05. The molecule has 1 amide bonds. The third-order valence-electron chi connectivity index (χ3n) is 8.27. The topological polar surface area (TPSA) is 37.7 Å². The van der Waals surface area contributed by atoms with Gasteiger partial charge in [0, 0.05) is 62.2 Å². The average molecular weight is 544 g/mol. The van der Waals surface area contributed by atoms with E-state index in [0.717, 1.165) is 31.1 Å². The number of nitrogens with zero attached hydrogens (tertiary/aromatic N) is 3. The number of amides is 1. The molecular formula is C36H37N3O2. The Bertz CT molecular complexity index is 1630. The molecule has 5 aromatic rings. The van der Waals surface area contributed by atoms with Crippen LogP contribution in [0.5, 0.6) is 5.75 Å². The molecule has 1 fully saturated rings. The van der Waals surface area contributed by atoms with Gasteiger partial charge in [0.15, 0.2) is 0 Å². The average Bonchev–Trinajstić information content (AvgIpc) is 3.38. The van der Waals surface area contributed by atoms with Crippen LogP contribution in [-0.4, -0.2) is 48.7 Å². The Morgan fingerprint density at radius 2 is 1.56 bits per heavy atom. The molecular weight excluding hydrogens is 506 g/mol. The molecule has 5 heteroatoms. The van der Waals surface area contributed by atoms with Crippen molar-refractivity contribution in [3.63, 3.8) is 0 Å². The van der Waals surface area contributed by atoms with Crippen LogP contribution in [0.2, 0.25) is 0 Å². The number of fused-ring (bicyclic) bond motifs is 1. The Balaban J connectivity index is 1.28. The van der Waals surface area contributed by atoms with Crippen molar-refractivity contribution in [2.45, 2.75) is 25.8 Å². The van der Waals surface area contributed by atoms with Crippen LogP contribution in [0.4, 0.5) is 5.69 Å². The quantitative estimate of drug-likeness (QED) is 0.214. The fourth-order valence-electron chi connectivity index (χ4n) is 6.15. The van der Waals surface area contributed by atoms with Crippen molar-refractivity contribution in [2.75, 3.05) is 38.2 Å². The van der Waals surface area contributed by atoms with Gasteiger partial charge in [-0.2, -0.15) is 0 Å². The third kappa shape index (κ3) is 5.71. The molecule has 0 aliphatic carbocycles. The summed E-state index contributed by atoms with van der Waals surface area (Å²) in [6.07, 6.45) is 2.72. The standard InChI is InChI=1S/C36H37N3O2/c1-27-11-10-14-29(23-27)31(24-36(40)38-21-19-37(20-22-38)34-17-8-9-18-35(34)41-2)32-26-39(25-28-12-4-3-5-13-28)33-16-7-6-15-30(32)33/h3-18,23,26,31H,19-22,24-25H2,1-2H3/t31-/m0/s1. The van der Waals surface area contributed by atoms with Gasteiger partial charge in [-0.05, 0) is 41.8 Å². The van der Waals surface area contributed by atoms with Gasteiger partial charge in [0.1, 0.15) is 5.75 Å². The molecule has 0 saturated carbocycles. The Labute approximate surface area is 242 Å². The maximum Gasteiger partial charge on any atom is 0.223 e. The fraction of sp³-hybridized carbons (Fsp3) is 0.250. The monoisotopic (exact) mass is 543 g/mol. The lowest BCUT2D eigenvalue weighted by Crippen LogP contribution is -2.49. The summed E-state index contributed by atoms with van der Waals surface area (Å²) in [6, 6.07) is 35.9. The van der Waals surface area contributed by atoms with Gasteiger partial charge in [-0.25, -0.2) is 0 Å². The summed E-state index contributed by atoms with van der Waals surface area (Å²) < 4.78 is 7.92. The number of anilines is 1. The first kappa shape index (κ1) is 26.7. The second-order valence-electron chi connectivity index (χ2n) is 10.9. The number of carbonyl (C=O) groups excluding carboxylic acids is 1. The largest absolute Gasteiger partial charge is 0.495 e. The first-order chi connectivity index (χ1) is 20.1. The Morgan fingerprint density at radius 3 is 2.34 bits per heavy atom. The number of carbonyl (C=O) groups is 1. The Kier molecular flexibility index (Phi) is 7.77. The number of piperazine rings is 1. The second kappa shape index (κ2) is 11.9. The first-order valence-electron chi connectivity index (χ1n) is 14.4. The first-order valence-corrected chi connectivity index (χ1v) is 14.4. The van der Waals surface area contributed by atoms with Crippen molar-refractivity contribution >= 4 is 22.5 Å². The van der Waals surface area contributed by atoms with E-state index in [0.29, 0.717) is 19.5 Å². The number of ether oxygens (including phenoxy) is 1. The van der Waals surface area contributed by atoms with Gasteiger partial charge >= 0.3 is 0 Å². The van der Waals surface area contributed by atoms with Crippen molar-refractivity contribution in [3.05, 3.63) is 132 Å². The zero-order chi connectivity index (χ0) is 28.2. The number of hydrogen-bond donors (Lipinski definition) is 0. The van der Waals surface area contributed by atoms with Crippen molar-refractivity contribution in [1.82, 2.24) is 9.47 Å². The van der Waals surface area contributed by atoms with Crippen LogP contribution in [0.15, 0.2) is 109 Å². The summed E-state index contributed by atoms with van der Waals surface area (Å²) in [5.41, 5.74) is 7.15. The molecule has 2 heterocycles. The van der Waals surface area contributed by atoms with Gasteiger partial charge in [-0.3, -0.25) is 4.79 Å². The number of para-hydroxylation sites is 3. The molecule has 1 aromatic heterocycles. The SMILES string of the molecule is COc1ccccc1N1CCN(C(=O)C[C@@H](c2cccc(C)c2)c2cn(Cc3ccccc3)c3ccccc23)CC1. The van der Waals surface area contributed by atoms with Gasteiger partial charge in [0.05, 0.1) is 12.8 Å². The predicted octanol–water partition coefficient (Wildman–Crippen LogP) is 6.88. The normalized spacial score (nSPS) is 14.3. The van der Waals surface area contributed by atoms with Crippen LogP contribution in [0.3, 0.4) is 0 Å². The van der Waals surface area contributed by atoms with Crippen LogP contribution in [0.25, 0.3) is 10.9 Å². The van der Waals surface area contributed by atoms with Gasteiger partial charge < -0.3 is 19.1 Å². The summed E-state index contributed by atoms with van der Waals surface area (Å²) in [6.45, 7) is 5.90. The van der Waals surface area contributed by atoms with Crippen molar-refractivity contribution in [1.29, 1.82) is 0 Å². The summed E-state index contributed by atoms with van der Waals surface area (Å²) in [5, 5.41) is 1.21. The van der Waals surface area contributed by atoms with Crippen molar-refractivity contribution in [3.8, 4) is 5.75 Å². The predicted molar refractivity (Wildman–Crippen MR) is 167 cm³/mol. The van der Waals surface area contributed by atoms with Crippen LogP contribution < -0.4 is 9.64 Å². The summed E-state index contributed by atoms with van der Waals surface area (Å²) in [7, 11) is 1.71. The van der Waals surface area contributed by atoms with Crippen LogP contribution >= 0.6 is 0 Å². The number of rotatable bonds is 8. The molecule has 41 heavy (non-hydrogen) atoms. The summed E-state index contributed by atoms with van der Waals surface area (Å²) in [4.78, 5) is 18.3. The minimum atomic E-state index is -0.0310. The molecule has 208 valence electrons. The highest BCUT2D eigenvalue weighted by molar-refractivity contribution is 5.87. The van der Waals surface area contributed by atoms with E-state index >= 15 is 0 Å². The molecule has 6 rings (SSSR count). The van der Waals surface area contributed by atoms with Gasteiger partial charge in [-0.15, -0.1) is 0 Å². The Morgan fingerprint density at radius 1 is 0.829 bits per heavy atom. The van der Waals surface area contributed by atoms with Gasteiger partial charge in [-0.1, -0.05) is 90.5 Å². The molecule has 0 unspecified atom stereocenters. The van der Waals surface area contributed by atoms with Crippen molar-refractivity contribution < 1.29 is 9.53 Å². The number of methoxy groups -OCH3 is 1. The van der Waals surface area contributed by atoms with E-state index in [1.165, 1.54) is 33.2 Å². The van der Waals surface area contributed by atoms with Gasteiger partial charge in [0.25, 0.3) is 0 Å². The Hall–Kier alpha value is -4.51. The molecule has 4 aromatic carbocycles. The van der Waals surface area contributed by atoms with E-state index in [4.69, 9.17) is 4.74 Å². The minimum absolute atomic E-state index is 0.0310. The fourth-order valence-corrected chi connectivity index (χ4v) is 6.15. The lowest BCUT2D eigenvalue weighted by atomic mass is 9.87. The highest BCUT2D eigenvalue weighted by Gasteiger charge is 2.28. The van der Waals surface area contributed by atoms with E-state index in [9.17, 15) is 4.79 Å². The zero-order valence-corrected chi connectivity index (χ0v) is 23.9. The minimum Gasteiger partial charge on any atom is -0.495 e.